The molecule has 1 atom stereocenters. The lowest BCUT2D eigenvalue weighted by Crippen LogP contribution is -2.15. The van der Waals surface area contributed by atoms with E-state index in [4.69, 9.17) is 14.6 Å². The number of nitrogens with two attached hydrogens (primary N) is 1. The SMILES string of the molecule is CC(F)(F)F.CC1COc2c1cc(CCNC=O)nc2-c1ccc(F)cc1.Cc1ccc(-c2ccc(C(F)(F)F)nc2)c(OC2CC2)c1.N/C=C/O. The molecule has 0 saturated heterocycles. The number of aromatic nitrogens is 2. The van der Waals surface area contributed by atoms with Gasteiger partial charge in [0.15, 0.2) is 0 Å². The minimum absolute atomic E-state index is 0.188. The lowest BCUT2D eigenvalue weighted by atomic mass is 9.99. The number of aliphatic hydroxyl groups is 1. The van der Waals surface area contributed by atoms with Crippen LogP contribution in [-0.2, 0) is 17.4 Å². The van der Waals surface area contributed by atoms with Crippen molar-refractivity contribution < 1.29 is 50.1 Å². The highest BCUT2D eigenvalue weighted by Gasteiger charge is 2.32. The normalized spacial score (nSPS) is 14.7. The maximum atomic E-state index is 13.1. The molecule has 1 aliphatic carbocycles. The molecule has 280 valence electrons. The highest BCUT2D eigenvalue weighted by atomic mass is 19.4. The molecule has 2 aliphatic rings. The molecule has 3 heterocycles. The van der Waals surface area contributed by atoms with Gasteiger partial charge in [0.1, 0.15) is 28.7 Å². The van der Waals surface area contributed by atoms with Crippen LogP contribution in [0.4, 0.5) is 30.7 Å². The van der Waals surface area contributed by atoms with E-state index in [-0.39, 0.29) is 18.8 Å². The number of amides is 1. The number of fused-ring (bicyclic) bond motifs is 1. The van der Waals surface area contributed by atoms with Gasteiger partial charge in [0.25, 0.3) is 0 Å². The Bertz CT molecular complexity index is 1750. The van der Waals surface area contributed by atoms with Gasteiger partial charge in [0.05, 0.1) is 19.0 Å². The van der Waals surface area contributed by atoms with Crippen LogP contribution in [0.5, 0.6) is 11.5 Å². The fraction of sp³-hybridized carbons (Fsp3) is 0.324. The van der Waals surface area contributed by atoms with Crippen molar-refractivity contribution in [2.24, 2.45) is 5.73 Å². The van der Waals surface area contributed by atoms with Crippen LogP contribution in [0, 0.1) is 12.7 Å². The molecule has 0 radical (unpaired) electrons. The highest BCUT2D eigenvalue weighted by molar-refractivity contribution is 5.71. The lowest BCUT2D eigenvalue weighted by Gasteiger charge is -2.13. The van der Waals surface area contributed by atoms with Gasteiger partial charge in [0, 0.05) is 66.2 Å². The van der Waals surface area contributed by atoms with Crippen molar-refractivity contribution in [1.29, 1.82) is 0 Å². The zero-order chi connectivity index (χ0) is 38.5. The van der Waals surface area contributed by atoms with Crippen molar-refractivity contribution in [3.05, 3.63) is 108 Å². The van der Waals surface area contributed by atoms with Crippen molar-refractivity contribution in [2.45, 2.75) is 64.4 Å². The molecular formula is C37H39F7N4O4. The summed E-state index contributed by atoms with van der Waals surface area (Å²) in [5, 5.41) is 10.2. The van der Waals surface area contributed by atoms with E-state index in [0.717, 1.165) is 70.8 Å². The van der Waals surface area contributed by atoms with Crippen LogP contribution in [0.3, 0.4) is 0 Å². The molecule has 1 aliphatic heterocycles. The number of alkyl halides is 6. The summed E-state index contributed by atoms with van der Waals surface area (Å²) in [6, 6.07) is 16.4. The first-order chi connectivity index (χ1) is 24.5. The van der Waals surface area contributed by atoms with Crippen LogP contribution in [0.1, 0.15) is 55.1 Å². The second kappa shape index (κ2) is 18.8. The predicted molar refractivity (Wildman–Crippen MR) is 182 cm³/mol. The van der Waals surface area contributed by atoms with E-state index in [9.17, 15) is 35.5 Å². The average molecular weight is 737 g/mol. The molecule has 8 nitrogen and oxygen atoms in total. The molecular weight excluding hydrogens is 697 g/mol. The van der Waals surface area contributed by atoms with Crippen molar-refractivity contribution in [3.8, 4) is 33.9 Å². The molecule has 4 aromatic rings. The number of benzene rings is 2. The number of pyridine rings is 2. The molecule has 1 amide bonds. The maximum Gasteiger partial charge on any atom is 0.433 e. The maximum absolute atomic E-state index is 13.1. The number of halogens is 7. The van der Waals surface area contributed by atoms with Crippen molar-refractivity contribution in [2.75, 3.05) is 13.2 Å². The molecule has 0 bridgehead atoms. The number of ether oxygens (including phenoxy) is 2. The summed E-state index contributed by atoms with van der Waals surface area (Å²) >= 11 is 0. The van der Waals surface area contributed by atoms with Gasteiger partial charge in [-0.25, -0.2) is 9.37 Å². The molecule has 6 rings (SSSR count). The van der Waals surface area contributed by atoms with Gasteiger partial charge in [-0.3, -0.25) is 9.78 Å². The Morgan fingerprint density at radius 1 is 1.02 bits per heavy atom. The van der Waals surface area contributed by atoms with Gasteiger partial charge < -0.3 is 25.6 Å². The average Bonchev–Trinajstić information content (AvgIpc) is 3.83. The van der Waals surface area contributed by atoms with E-state index in [1.807, 2.05) is 31.2 Å². The van der Waals surface area contributed by atoms with Crippen molar-refractivity contribution >= 4 is 6.41 Å². The zero-order valence-electron chi connectivity index (χ0n) is 28.6. The van der Waals surface area contributed by atoms with Gasteiger partial charge in [-0.1, -0.05) is 25.1 Å². The molecule has 2 aromatic heterocycles. The third-order valence-electron chi connectivity index (χ3n) is 7.20. The monoisotopic (exact) mass is 736 g/mol. The second-order valence-electron chi connectivity index (χ2n) is 11.8. The highest BCUT2D eigenvalue weighted by Crippen LogP contribution is 2.41. The predicted octanol–water partition coefficient (Wildman–Crippen LogP) is 8.83. The minimum Gasteiger partial charge on any atom is -0.514 e. The van der Waals surface area contributed by atoms with Crippen LogP contribution >= 0.6 is 0 Å². The van der Waals surface area contributed by atoms with Crippen LogP contribution in [0.2, 0.25) is 0 Å². The third kappa shape index (κ3) is 13.4. The first kappa shape index (κ1) is 41.1. The molecule has 1 fully saturated rings. The number of carbonyl (C=O) groups is 1. The topological polar surface area (TPSA) is 120 Å². The lowest BCUT2D eigenvalue weighted by molar-refractivity contribution is -0.141. The van der Waals surface area contributed by atoms with E-state index < -0.39 is 18.0 Å². The summed E-state index contributed by atoms with van der Waals surface area (Å²) in [6.07, 6.45) is -1.73. The van der Waals surface area contributed by atoms with Gasteiger partial charge in [-0.05, 0) is 67.8 Å². The van der Waals surface area contributed by atoms with E-state index in [2.05, 4.69) is 27.9 Å². The van der Waals surface area contributed by atoms with Crippen molar-refractivity contribution in [1.82, 2.24) is 15.3 Å². The summed E-state index contributed by atoms with van der Waals surface area (Å²) in [4.78, 5) is 18.5. The van der Waals surface area contributed by atoms with Crippen LogP contribution < -0.4 is 20.5 Å². The van der Waals surface area contributed by atoms with Crippen molar-refractivity contribution in [3.63, 3.8) is 0 Å². The van der Waals surface area contributed by atoms with Crippen LogP contribution in [0.25, 0.3) is 22.4 Å². The van der Waals surface area contributed by atoms with Gasteiger partial charge in [0.2, 0.25) is 6.41 Å². The standard InChI is InChI=1S/C17H17FN2O2.C16H14F3NO.C2H3F3.C2H5NO/c1-11-9-22-17-15(11)8-14(6-7-19-10-21)20-16(17)12-2-4-13(18)5-3-12;1-10-2-6-13(14(8-10)21-12-4-5-12)11-3-7-15(20-9-11)16(17,18)19;1-2(3,4)5;3-1-2-4/h2-5,8,10-11H,6-7,9H2,1H3,(H,19,21);2-3,6-9,12H,4-5H2,1H3;1H3;1-2,4H,3H2/b;;;2-1+. The number of aryl methyl sites for hydroxylation is 1. The smallest absolute Gasteiger partial charge is 0.433 e. The van der Waals surface area contributed by atoms with Gasteiger partial charge in [-0.15, -0.1) is 0 Å². The second-order valence-corrected chi connectivity index (χ2v) is 11.8. The molecule has 1 saturated carbocycles. The number of hydrogen-bond acceptors (Lipinski definition) is 7. The summed E-state index contributed by atoms with van der Waals surface area (Å²) in [6.45, 7) is 5.41. The summed E-state index contributed by atoms with van der Waals surface area (Å²) in [5.41, 5.74) is 9.74. The fourth-order valence-electron chi connectivity index (χ4n) is 4.67. The summed E-state index contributed by atoms with van der Waals surface area (Å²) in [7, 11) is 0. The quantitative estimate of drug-likeness (QED) is 0.0716. The summed E-state index contributed by atoms with van der Waals surface area (Å²) in [5.74, 6) is 1.52. The first-order valence-corrected chi connectivity index (χ1v) is 16.0. The minimum atomic E-state index is -4.42. The third-order valence-corrected chi connectivity index (χ3v) is 7.20. The molecule has 15 heteroatoms. The number of nitrogens with zero attached hydrogens (tertiary/aromatic N) is 2. The molecule has 1 unspecified atom stereocenters. The first-order valence-electron chi connectivity index (χ1n) is 16.0. The largest absolute Gasteiger partial charge is 0.514 e. The molecule has 4 N–H and O–H groups in total. The Kier molecular flexibility index (Phi) is 14.8. The molecule has 52 heavy (non-hydrogen) atoms. The summed E-state index contributed by atoms with van der Waals surface area (Å²) < 4.78 is 93.5. The Balaban J connectivity index is 0.000000228. The van der Waals surface area contributed by atoms with Crippen LogP contribution in [-0.4, -0.2) is 46.9 Å². The van der Waals surface area contributed by atoms with E-state index in [1.165, 1.54) is 24.4 Å². The van der Waals surface area contributed by atoms with Gasteiger partial charge >= 0.3 is 12.4 Å². The number of hydrogen-bond donors (Lipinski definition) is 3. The van der Waals surface area contributed by atoms with Gasteiger partial charge in [-0.2, -0.15) is 26.3 Å². The van der Waals surface area contributed by atoms with E-state index in [1.54, 1.807) is 12.1 Å². The number of nitrogens with one attached hydrogen (secondary N) is 1. The van der Waals surface area contributed by atoms with E-state index >= 15 is 0 Å². The number of rotatable bonds is 8. The Hall–Kier alpha value is -5.34. The zero-order valence-corrected chi connectivity index (χ0v) is 28.6. The van der Waals surface area contributed by atoms with E-state index in [0.29, 0.717) is 43.2 Å². The molecule has 2 aromatic carbocycles. The molecule has 0 spiro atoms. The Morgan fingerprint density at radius 2 is 1.65 bits per heavy atom. The Morgan fingerprint density at radius 3 is 2.19 bits per heavy atom. The fourth-order valence-corrected chi connectivity index (χ4v) is 4.67. The van der Waals surface area contributed by atoms with Crippen LogP contribution in [0.15, 0.2) is 79.3 Å². The number of carbonyl (C=O) groups excluding carboxylic acids is 1. The number of aliphatic hydroxyl groups excluding tert-OH is 1. The Labute approximate surface area is 296 Å².